The summed E-state index contributed by atoms with van der Waals surface area (Å²) in [6, 6.07) is 18.3. The van der Waals surface area contributed by atoms with Crippen molar-refractivity contribution in [2.24, 2.45) is 4.99 Å². The minimum Gasteiger partial charge on any atom is -0.356 e. The third-order valence-electron chi connectivity index (χ3n) is 7.26. The Bertz CT molecular complexity index is 1040. The predicted molar refractivity (Wildman–Crippen MR) is 128 cm³/mol. The van der Waals surface area contributed by atoms with E-state index in [1.54, 1.807) is 0 Å². The summed E-state index contributed by atoms with van der Waals surface area (Å²) in [7, 11) is 0. The van der Waals surface area contributed by atoms with Crippen molar-refractivity contribution in [3.63, 3.8) is 0 Å². The van der Waals surface area contributed by atoms with Crippen LogP contribution in [0.15, 0.2) is 53.5 Å². The van der Waals surface area contributed by atoms with Crippen LogP contribution in [0.5, 0.6) is 0 Å². The third kappa shape index (κ3) is 3.45. The van der Waals surface area contributed by atoms with Gasteiger partial charge in [0.25, 0.3) is 0 Å². The van der Waals surface area contributed by atoms with Crippen molar-refractivity contribution in [3.8, 4) is 0 Å². The normalized spacial score (nSPS) is 23.1. The van der Waals surface area contributed by atoms with Gasteiger partial charge < -0.3 is 9.88 Å². The zero-order valence-corrected chi connectivity index (χ0v) is 18.3. The summed E-state index contributed by atoms with van der Waals surface area (Å²) in [4.78, 5) is 11.3. The van der Waals surface area contributed by atoms with E-state index in [-0.39, 0.29) is 6.04 Å². The summed E-state index contributed by atoms with van der Waals surface area (Å²) in [6.07, 6.45) is 11.4. The maximum atomic E-state index is 5.15. The number of nitrogens with one attached hydrogen (secondary N) is 1. The van der Waals surface area contributed by atoms with Crippen molar-refractivity contribution < 1.29 is 0 Å². The van der Waals surface area contributed by atoms with Crippen molar-refractivity contribution in [3.05, 3.63) is 65.4 Å². The molecule has 2 aliphatic rings. The molecule has 2 aromatic carbocycles. The molecule has 3 heteroatoms. The van der Waals surface area contributed by atoms with Gasteiger partial charge in [-0.15, -0.1) is 0 Å². The number of H-pyrrole nitrogens is 1. The molecule has 0 spiro atoms. The number of aliphatic imine (C=N–C) groups is 1. The molecule has 1 aliphatic carbocycles. The molecule has 1 fully saturated rings. The lowest BCUT2D eigenvalue weighted by Crippen LogP contribution is -2.26. The molecule has 1 saturated carbocycles. The first-order valence-corrected chi connectivity index (χ1v) is 11.7. The van der Waals surface area contributed by atoms with Crippen LogP contribution in [0.1, 0.15) is 80.7 Å². The number of aryl methyl sites for hydroxylation is 1. The first kappa shape index (κ1) is 19.4. The molecule has 1 aliphatic heterocycles. The second-order valence-corrected chi connectivity index (χ2v) is 9.17. The van der Waals surface area contributed by atoms with Gasteiger partial charge in [0, 0.05) is 28.2 Å². The van der Waals surface area contributed by atoms with Crippen LogP contribution in [0.4, 0.5) is 5.69 Å². The first-order valence-electron chi connectivity index (χ1n) is 11.7. The van der Waals surface area contributed by atoms with Gasteiger partial charge in [-0.05, 0) is 43.0 Å². The lowest BCUT2D eigenvalue weighted by molar-refractivity contribution is 0.455. The number of fused-ring (bicyclic) bond motifs is 2. The summed E-state index contributed by atoms with van der Waals surface area (Å²) in [5, 5.41) is 1.33. The Balaban J connectivity index is 1.53. The molecule has 156 valence electrons. The van der Waals surface area contributed by atoms with Crippen LogP contribution in [0, 0.1) is 6.92 Å². The number of para-hydroxylation sites is 2. The number of aromatic nitrogens is 1. The summed E-state index contributed by atoms with van der Waals surface area (Å²) >= 11 is 0. The topological polar surface area (TPSA) is 31.4 Å². The highest BCUT2D eigenvalue weighted by Crippen LogP contribution is 2.49. The molecule has 2 unspecified atom stereocenters. The average molecular weight is 400 g/mol. The van der Waals surface area contributed by atoms with Gasteiger partial charge in [0.1, 0.15) is 0 Å². The largest absolute Gasteiger partial charge is 0.356 e. The molecule has 3 nitrogen and oxygen atoms in total. The van der Waals surface area contributed by atoms with Gasteiger partial charge in [0.05, 0.1) is 18.4 Å². The lowest BCUT2D eigenvalue weighted by atomic mass is 9.93. The Kier molecular flexibility index (Phi) is 5.37. The Morgan fingerprint density at radius 1 is 0.933 bits per heavy atom. The van der Waals surface area contributed by atoms with E-state index < -0.39 is 0 Å². The highest BCUT2D eigenvalue weighted by molar-refractivity contribution is 5.88. The number of benzene rings is 2. The quantitative estimate of drug-likeness (QED) is 0.364. The standard InChI is InChI=1S/C27H33N3/c1-19-22-14-8-10-16-24(22)29-26(19)27-20(2)23-15-9-11-17-25(23)30(27)18-28-21-12-6-4-3-5-7-13-21/h8-11,14-18,20-21,27,29H,3-7,12-13H2,1-2H3/b28-18+. The fourth-order valence-corrected chi connectivity index (χ4v) is 5.54. The number of nitrogens with zero attached hydrogens (tertiary/aromatic N) is 2. The van der Waals surface area contributed by atoms with Gasteiger partial charge in [-0.2, -0.15) is 0 Å². The molecule has 5 rings (SSSR count). The van der Waals surface area contributed by atoms with Crippen LogP contribution in [-0.4, -0.2) is 17.4 Å². The Morgan fingerprint density at radius 2 is 1.63 bits per heavy atom. The Hall–Kier alpha value is -2.55. The summed E-state index contributed by atoms with van der Waals surface area (Å²) in [5.74, 6) is 0.414. The minimum absolute atomic E-state index is 0.257. The summed E-state index contributed by atoms with van der Waals surface area (Å²) in [5.41, 5.74) is 6.64. The van der Waals surface area contributed by atoms with E-state index in [1.807, 2.05) is 0 Å². The second-order valence-electron chi connectivity index (χ2n) is 9.17. The molecule has 0 saturated heterocycles. The van der Waals surface area contributed by atoms with Crippen molar-refractivity contribution in [1.29, 1.82) is 0 Å². The van der Waals surface area contributed by atoms with E-state index in [1.165, 1.54) is 78.4 Å². The SMILES string of the molecule is Cc1c(C2C(C)c3ccccc3N2/C=N/C2CCCCCCC2)[nH]c2ccccc12. The number of hydrogen-bond acceptors (Lipinski definition) is 1. The molecule has 2 heterocycles. The molecule has 1 aromatic heterocycles. The number of hydrogen-bond donors (Lipinski definition) is 1. The molecule has 0 bridgehead atoms. The Morgan fingerprint density at radius 3 is 2.43 bits per heavy atom. The van der Waals surface area contributed by atoms with E-state index >= 15 is 0 Å². The van der Waals surface area contributed by atoms with Crippen LogP contribution in [0.25, 0.3) is 10.9 Å². The molecule has 0 radical (unpaired) electrons. The highest BCUT2D eigenvalue weighted by atomic mass is 15.2. The first-order chi connectivity index (χ1) is 14.7. The number of aromatic amines is 1. The van der Waals surface area contributed by atoms with Crippen molar-refractivity contribution in [2.45, 2.75) is 76.8 Å². The molecule has 1 N–H and O–H groups in total. The van der Waals surface area contributed by atoms with Crippen LogP contribution in [0.2, 0.25) is 0 Å². The highest BCUT2D eigenvalue weighted by Gasteiger charge is 2.38. The fraction of sp³-hybridized carbons (Fsp3) is 0.444. The molecule has 2 atom stereocenters. The molecule has 3 aromatic rings. The van der Waals surface area contributed by atoms with Crippen LogP contribution < -0.4 is 4.90 Å². The number of rotatable bonds is 3. The summed E-state index contributed by atoms with van der Waals surface area (Å²) in [6.45, 7) is 4.62. The van der Waals surface area contributed by atoms with Gasteiger partial charge >= 0.3 is 0 Å². The maximum Gasteiger partial charge on any atom is 0.0904 e. The van der Waals surface area contributed by atoms with Crippen molar-refractivity contribution in [1.82, 2.24) is 4.98 Å². The van der Waals surface area contributed by atoms with Crippen molar-refractivity contribution >= 4 is 22.9 Å². The van der Waals surface area contributed by atoms with Crippen LogP contribution >= 0.6 is 0 Å². The monoisotopic (exact) mass is 399 g/mol. The van der Waals surface area contributed by atoms with Gasteiger partial charge in [-0.1, -0.05) is 75.4 Å². The van der Waals surface area contributed by atoms with E-state index in [2.05, 4.69) is 78.6 Å². The predicted octanol–water partition coefficient (Wildman–Crippen LogP) is 7.28. The zero-order valence-electron chi connectivity index (χ0n) is 18.3. The van der Waals surface area contributed by atoms with Gasteiger partial charge in [-0.3, -0.25) is 4.99 Å². The second kappa shape index (κ2) is 8.29. The zero-order chi connectivity index (χ0) is 20.5. The van der Waals surface area contributed by atoms with Gasteiger partial charge in [0.2, 0.25) is 0 Å². The molecular formula is C27H33N3. The van der Waals surface area contributed by atoms with E-state index in [9.17, 15) is 0 Å². The van der Waals surface area contributed by atoms with Crippen LogP contribution in [0.3, 0.4) is 0 Å². The van der Waals surface area contributed by atoms with Gasteiger partial charge in [0.15, 0.2) is 0 Å². The summed E-state index contributed by atoms with van der Waals surface area (Å²) < 4.78 is 0. The van der Waals surface area contributed by atoms with Gasteiger partial charge in [-0.25, -0.2) is 0 Å². The maximum absolute atomic E-state index is 5.15. The van der Waals surface area contributed by atoms with E-state index in [0.29, 0.717) is 12.0 Å². The van der Waals surface area contributed by atoms with Crippen LogP contribution in [-0.2, 0) is 0 Å². The van der Waals surface area contributed by atoms with Crippen molar-refractivity contribution in [2.75, 3.05) is 4.90 Å². The lowest BCUT2D eigenvalue weighted by Gasteiger charge is -2.26. The third-order valence-corrected chi connectivity index (χ3v) is 7.26. The molecular weight excluding hydrogens is 366 g/mol. The smallest absolute Gasteiger partial charge is 0.0904 e. The Labute approximate surface area is 180 Å². The van der Waals surface area contributed by atoms with E-state index in [0.717, 1.165) is 0 Å². The average Bonchev–Trinajstić information content (AvgIpc) is 3.22. The number of anilines is 1. The molecule has 0 amide bonds. The minimum atomic E-state index is 0.257. The molecule has 30 heavy (non-hydrogen) atoms. The van der Waals surface area contributed by atoms with E-state index in [4.69, 9.17) is 4.99 Å². The fourth-order valence-electron chi connectivity index (χ4n) is 5.54.